The predicted octanol–water partition coefficient (Wildman–Crippen LogP) is 4.20. The molecule has 1 amide bonds. The van der Waals surface area contributed by atoms with Gasteiger partial charge in [0.1, 0.15) is 0 Å². The lowest BCUT2D eigenvalue weighted by Gasteiger charge is -2.10. The Morgan fingerprint density at radius 1 is 1.18 bits per heavy atom. The smallest absolute Gasteiger partial charge is 0.257 e. The summed E-state index contributed by atoms with van der Waals surface area (Å²) in [6, 6.07) is 10.7. The topological polar surface area (TPSA) is 78.9 Å². The zero-order valence-corrected chi connectivity index (χ0v) is 16.2. The molecule has 0 saturated carbocycles. The average molecular weight is 398 g/mol. The van der Waals surface area contributed by atoms with E-state index >= 15 is 0 Å². The Kier molecular flexibility index (Phi) is 5.03. The number of rotatable bonds is 6. The quantitative estimate of drug-likeness (QED) is 0.670. The van der Waals surface area contributed by atoms with Gasteiger partial charge in [0.2, 0.25) is 6.79 Å². The summed E-state index contributed by atoms with van der Waals surface area (Å²) in [4.78, 5) is 17.1. The zero-order chi connectivity index (χ0) is 19.5. The van der Waals surface area contributed by atoms with E-state index in [1.807, 2.05) is 30.5 Å². The molecule has 2 aromatic carbocycles. The first-order valence-electron chi connectivity index (χ1n) is 8.65. The molecule has 0 fully saturated rings. The van der Waals surface area contributed by atoms with Crippen molar-refractivity contribution in [1.29, 1.82) is 0 Å². The van der Waals surface area contributed by atoms with E-state index in [-0.39, 0.29) is 12.7 Å². The number of thiazole rings is 1. The number of fused-ring (bicyclic) bond motifs is 1. The van der Waals surface area contributed by atoms with Gasteiger partial charge >= 0.3 is 0 Å². The van der Waals surface area contributed by atoms with E-state index in [0.717, 1.165) is 17.0 Å². The second kappa shape index (κ2) is 7.77. The Bertz CT molecular complexity index is 1020. The van der Waals surface area contributed by atoms with E-state index in [0.29, 0.717) is 34.6 Å². The van der Waals surface area contributed by atoms with E-state index in [1.165, 1.54) is 18.4 Å². The van der Waals surface area contributed by atoms with Crippen molar-refractivity contribution in [3.05, 3.63) is 47.3 Å². The van der Waals surface area contributed by atoms with Crippen molar-refractivity contribution in [2.75, 3.05) is 25.8 Å². The second-order valence-electron chi connectivity index (χ2n) is 5.86. The van der Waals surface area contributed by atoms with Crippen molar-refractivity contribution in [2.24, 2.45) is 0 Å². The number of nitrogens with one attached hydrogen (secondary N) is 1. The number of hydrogen-bond acceptors (Lipinski definition) is 7. The molecule has 28 heavy (non-hydrogen) atoms. The number of methoxy groups -OCH3 is 1. The first kappa shape index (κ1) is 18.1. The van der Waals surface area contributed by atoms with Gasteiger partial charge in [-0.2, -0.15) is 0 Å². The standard InChI is InChI=1S/C20H18N2O5S/c1-3-25-15-7-5-13(9-17(15)24-2)19(23)22-20-21-14(10-28-20)12-4-6-16-18(8-12)27-11-26-16/h4-10H,3,11H2,1-2H3,(H,21,22,23). The number of carbonyl (C=O) groups excluding carboxylic acids is 1. The van der Waals surface area contributed by atoms with Gasteiger partial charge in [0, 0.05) is 16.5 Å². The van der Waals surface area contributed by atoms with Gasteiger partial charge in [-0.3, -0.25) is 10.1 Å². The van der Waals surface area contributed by atoms with Gasteiger partial charge in [0.05, 0.1) is 19.4 Å². The normalized spacial score (nSPS) is 11.9. The Hall–Kier alpha value is -3.26. The van der Waals surface area contributed by atoms with Crippen molar-refractivity contribution in [2.45, 2.75) is 6.92 Å². The van der Waals surface area contributed by atoms with Crippen molar-refractivity contribution < 1.29 is 23.7 Å². The Labute approximate surface area is 165 Å². The van der Waals surface area contributed by atoms with Gasteiger partial charge in [-0.1, -0.05) is 0 Å². The minimum atomic E-state index is -0.270. The highest BCUT2D eigenvalue weighted by molar-refractivity contribution is 7.14. The Morgan fingerprint density at radius 2 is 2.04 bits per heavy atom. The van der Waals surface area contributed by atoms with Gasteiger partial charge in [0.25, 0.3) is 5.91 Å². The molecule has 1 N–H and O–H groups in total. The van der Waals surface area contributed by atoms with E-state index in [1.54, 1.807) is 18.2 Å². The maximum absolute atomic E-state index is 12.6. The van der Waals surface area contributed by atoms with Crippen LogP contribution in [0.4, 0.5) is 5.13 Å². The average Bonchev–Trinajstić information content (AvgIpc) is 3.37. The molecule has 1 aliphatic rings. The molecule has 0 aliphatic carbocycles. The van der Waals surface area contributed by atoms with E-state index in [4.69, 9.17) is 18.9 Å². The van der Waals surface area contributed by atoms with Crippen molar-refractivity contribution >= 4 is 22.4 Å². The fourth-order valence-electron chi connectivity index (χ4n) is 2.77. The highest BCUT2D eigenvalue weighted by Crippen LogP contribution is 2.36. The van der Waals surface area contributed by atoms with Gasteiger partial charge in [-0.15, -0.1) is 11.3 Å². The van der Waals surface area contributed by atoms with Crippen LogP contribution in [0.2, 0.25) is 0 Å². The number of anilines is 1. The number of nitrogens with zero attached hydrogens (tertiary/aromatic N) is 1. The van der Waals surface area contributed by atoms with Crippen LogP contribution in [0.3, 0.4) is 0 Å². The lowest BCUT2D eigenvalue weighted by Crippen LogP contribution is -2.12. The van der Waals surface area contributed by atoms with E-state index in [2.05, 4.69) is 10.3 Å². The summed E-state index contributed by atoms with van der Waals surface area (Å²) in [5.41, 5.74) is 2.10. The summed E-state index contributed by atoms with van der Waals surface area (Å²) >= 11 is 1.35. The van der Waals surface area contributed by atoms with Gasteiger partial charge in [0.15, 0.2) is 28.1 Å². The zero-order valence-electron chi connectivity index (χ0n) is 15.4. The third-order valence-corrected chi connectivity index (χ3v) is 4.88. The molecule has 0 radical (unpaired) electrons. The fraction of sp³-hybridized carbons (Fsp3) is 0.200. The van der Waals surface area contributed by atoms with Crippen LogP contribution in [-0.2, 0) is 0 Å². The van der Waals surface area contributed by atoms with Crippen molar-refractivity contribution in [1.82, 2.24) is 4.98 Å². The summed E-state index contributed by atoms with van der Waals surface area (Å²) < 4.78 is 21.5. The minimum absolute atomic E-state index is 0.225. The number of hydrogen-bond donors (Lipinski definition) is 1. The van der Waals surface area contributed by atoms with Crippen LogP contribution in [0.15, 0.2) is 41.8 Å². The molecular formula is C20H18N2O5S. The van der Waals surface area contributed by atoms with Gasteiger partial charge in [-0.05, 0) is 43.3 Å². The molecule has 7 nitrogen and oxygen atoms in total. The molecule has 2 heterocycles. The molecule has 0 bridgehead atoms. The number of amides is 1. The second-order valence-corrected chi connectivity index (χ2v) is 6.72. The molecule has 0 atom stereocenters. The van der Waals surface area contributed by atoms with Crippen molar-refractivity contribution in [3.8, 4) is 34.3 Å². The largest absolute Gasteiger partial charge is 0.493 e. The molecule has 144 valence electrons. The molecule has 0 unspecified atom stereocenters. The van der Waals surface area contributed by atoms with Crippen LogP contribution in [0, 0.1) is 0 Å². The summed E-state index contributed by atoms with van der Waals surface area (Å²) in [7, 11) is 1.54. The number of carbonyl (C=O) groups is 1. The van der Waals surface area contributed by atoms with Crippen LogP contribution in [0.25, 0.3) is 11.3 Å². The van der Waals surface area contributed by atoms with Crippen LogP contribution >= 0.6 is 11.3 Å². The third kappa shape index (κ3) is 3.59. The van der Waals surface area contributed by atoms with Crippen LogP contribution in [0.1, 0.15) is 17.3 Å². The van der Waals surface area contributed by atoms with Crippen molar-refractivity contribution in [3.63, 3.8) is 0 Å². The van der Waals surface area contributed by atoms with Gasteiger partial charge in [-0.25, -0.2) is 4.98 Å². The van der Waals surface area contributed by atoms with E-state index in [9.17, 15) is 4.79 Å². The lowest BCUT2D eigenvalue weighted by atomic mass is 10.1. The summed E-state index contributed by atoms with van der Waals surface area (Å²) in [5.74, 6) is 2.25. The number of ether oxygens (including phenoxy) is 4. The lowest BCUT2D eigenvalue weighted by molar-refractivity contribution is 0.102. The van der Waals surface area contributed by atoms with Crippen LogP contribution in [-0.4, -0.2) is 31.4 Å². The molecular weight excluding hydrogens is 380 g/mol. The molecule has 0 saturated heterocycles. The van der Waals surface area contributed by atoms with E-state index < -0.39 is 0 Å². The molecule has 4 rings (SSSR count). The third-order valence-electron chi connectivity index (χ3n) is 4.12. The van der Waals surface area contributed by atoms with Gasteiger partial charge < -0.3 is 18.9 Å². The molecule has 0 spiro atoms. The number of aromatic nitrogens is 1. The minimum Gasteiger partial charge on any atom is -0.493 e. The molecule has 8 heteroatoms. The van der Waals surface area contributed by atoms with Crippen LogP contribution < -0.4 is 24.3 Å². The Morgan fingerprint density at radius 3 is 2.86 bits per heavy atom. The SMILES string of the molecule is CCOc1ccc(C(=O)Nc2nc(-c3ccc4c(c3)OCO4)cs2)cc1OC. The Balaban J connectivity index is 1.50. The highest BCUT2D eigenvalue weighted by atomic mass is 32.1. The fourth-order valence-corrected chi connectivity index (χ4v) is 3.49. The first-order valence-corrected chi connectivity index (χ1v) is 9.53. The highest BCUT2D eigenvalue weighted by Gasteiger charge is 2.16. The monoisotopic (exact) mass is 398 g/mol. The van der Waals surface area contributed by atoms with Crippen LogP contribution in [0.5, 0.6) is 23.0 Å². The maximum atomic E-state index is 12.6. The number of benzene rings is 2. The first-order chi connectivity index (χ1) is 13.7. The summed E-state index contributed by atoms with van der Waals surface area (Å²) in [6.45, 7) is 2.63. The predicted molar refractivity (Wildman–Crippen MR) is 106 cm³/mol. The molecule has 1 aromatic heterocycles. The maximum Gasteiger partial charge on any atom is 0.257 e. The summed E-state index contributed by atoms with van der Waals surface area (Å²) in [5, 5.41) is 5.21. The molecule has 1 aliphatic heterocycles. The summed E-state index contributed by atoms with van der Waals surface area (Å²) in [6.07, 6.45) is 0. The molecule has 3 aromatic rings.